The van der Waals surface area contributed by atoms with Gasteiger partial charge >= 0.3 is 0 Å². The molecule has 116 valence electrons. The first-order valence-corrected chi connectivity index (χ1v) is 7.96. The van der Waals surface area contributed by atoms with Gasteiger partial charge in [-0.2, -0.15) is 0 Å². The number of halogens is 2. The van der Waals surface area contributed by atoms with Crippen molar-refractivity contribution in [2.24, 2.45) is 5.92 Å². The highest BCUT2D eigenvalue weighted by Gasteiger charge is 2.13. The summed E-state index contributed by atoms with van der Waals surface area (Å²) in [7, 11) is 0. The molecule has 1 unspecified atom stereocenters. The van der Waals surface area contributed by atoms with Gasteiger partial charge in [0, 0.05) is 11.6 Å². The quantitative estimate of drug-likeness (QED) is 0.843. The molecule has 0 aromatic heterocycles. The van der Waals surface area contributed by atoms with Gasteiger partial charge in [-0.1, -0.05) is 23.2 Å². The lowest BCUT2D eigenvalue weighted by Gasteiger charge is -2.22. The lowest BCUT2D eigenvalue weighted by atomic mass is 9.96. The number of piperidine rings is 1. The van der Waals surface area contributed by atoms with Crippen molar-refractivity contribution in [3.63, 3.8) is 0 Å². The number of ether oxygens (including phenoxy) is 1. The van der Waals surface area contributed by atoms with Gasteiger partial charge in [0.25, 0.3) is 5.91 Å². The van der Waals surface area contributed by atoms with Crippen molar-refractivity contribution in [3.05, 3.63) is 28.2 Å². The third-order valence-electron chi connectivity index (χ3n) is 3.53. The van der Waals surface area contributed by atoms with E-state index in [1.54, 1.807) is 18.2 Å². The van der Waals surface area contributed by atoms with E-state index in [1.807, 2.05) is 0 Å². The Hall–Kier alpha value is -0.970. The van der Waals surface area contributed by atoms with E-state index in [2.05, 4.69) is 10.6 Å². The van der Waals surface area contributed by atoms with E-state index in [0.29, 0.717) is 28.3 Å². The summed E-state index contributed by atoms with van der Waals surface area (Å²) >= 11 is 11.8. The Balaban J connectivity index is 1.65. The van der Waals surface area contributed by atoms with E-state index in [9.17, 15) is 4.79 Å². The van der Waals surface area contributed by atoms with Crippen LogP contribution in [-0.2, 0) is 4.79 Å². The number of hydrogen-bond donors (Lipinski definition) is 2. The van der Waals surface area contributed by atoms with Crippen LogP contribution in [-0.4, -0.2) is 32.1 Å². The number of carbonyl (C=O) groups excluding carboxylic acids is 1. The van der Waals surface area contributed by atoms with Crippen molar-refractivity contribution < 1.29 is 9.53 Å². The van der Waals surface area contributed by atoms with Gasteiger partial charge in [-0.3, -0.25) is 4.79 Å². The molecule has 1 atom stereocenters. The summed E-state index contributed by atoms with van der Waals surface area (Å²) < 4.78 is 5.38. The van der Waals surface area contributed by atoms with Crippen molar-refractivity contribution in [2.75, 3.05) is 26.2 Å². The molecular weight excluding hydrogens is 311 g/mol. The number of amides is 1. The molecule has 4 nitrogen and oxygen atoms in total. The fourth-order valence-corrected chi connectivity index (χ4v) is 2.84. The maximum Gasteiger partial charge on any atom is 0.257 e. The van der Waals surface area contributed by atoms with Gasteiger partial charge in [-0.15, -0.1) is 0 Å². The monoisotopic (exact) mass is 330 g/mol. The first-order valence-electron chi connectivity index (χ1n) is 7.20. The van der Waals surface area contributed by atoms with Crippen LogP contribution in [0, 0.1) is 5.92 Å². The summed E-state index contributed by atoms with van der Waals surface area (Å²) in [6.07, 6.45) is 3.46. The second kappa shape index (κ2) is 8.47. The van der Waals surface area contributed by atoms with Crippen LogP contribution in [0.15, 0.2) is 18.2 Å². The van der Waals surface area contributed by atoms with Crippen LogP contribution in [0.2, 0.25) is 10.0 Å². The fourth-order valence-electron chi connectivity index (χ4n) is 2.37. The first kappa shape index (κ1) is 16.4. The average Bonchev–Trinajstić information content (AvgIpc) is 2.47. The van der Waals surface area contributed by atoms with E-state index in [-0.39, 0.29) is 12.5 Å². The Morgan fingerprint density at radius 3 is 3.00 bits per heavy atom. The molecule has 1 aromatic carbocycles. The highest BCUT2D eigenvalue weighted by Crippen LogP contribution is 2.27. The summed E-state index contributed by atoms with van der Waals surface area (Å²) in [5.41, 5.74) is 0. The maximum absolute atomic E-state index is 11.7. The molecule has 0 radical (unpaired) electrons. The zero-order valence-corrected chi connectivity index (χ0v) is 13.3. The molecule has 2 rings (SSSR count). The first-order chi connectivity index (χ1) is 10.1. The minimum Gasteiger partial charge on any atom is -0.482 e. The second-order valence-electron chi connectivity index (χ2n) is 5.21. The predicted octanol–water partition coefficient (Wildman–Crippen LogP) is 2.88. The molecule has 1 fully saturated rings. The molecule has 1 aliphatic heterocycles. The van der Waals surface area contributed by atoms with E-state index in [1.165, 1.54) is 12.8 Å². The highest BCUT2D eigenvalue weighted by molar-refractivity contribution is 6.35. The SMILES string of the molecule is O=C(COc1ccc(Cl)cc1Cl)NCCC1CCCNC1. The lowest BCUT2D eigenvalue weighted by Crippen LogP contribution is -2.34. The predicted molar refractivity (Wildman–Crippen MR) is 85.2 cm³/mol. The summed E-state index contributed by atoms with van der Waals surface area (Å²) in [4.78, 5) is 11.7. The molecule has 1 amide bonds. The molecule has 1 aliphatic rings. The van der Waals surface area contributed by atoms with E-state index < -0.39 is 0 Å². The average molecular weight is 331 g/mol. The molecule has 6 heteroatoms. The van der Waals surface area contributed by atoms with Crippen molar-refractivity contribution in [1.29, 1.82) is 0 Å². The van der Waals surface area contributed by atoms with Crippen LogP contribution in [0.4, 0.5) is 0 Å². The van der Waals surface area contributed by atoms with E-state index in [4.69, 9.17) is 27.9 Å². The summed E-state index contributed by atoms with van der Waals surface area (Å²) in [5, 5.41) is 7.18. The van der Waals surface area contributed by atoms with Gasteiger partial charge in [0.05, 0.1) is 5.02 Å². The van der Waals surface area contributed by atoms with Crippen LogP contribution >= 0.6 is 23.2 Å². The molecule has 1 heterocycles. The number of rotatable bonds is 6. The Kier molecular flexibility index (Phi) is 6.61. The van der Waals surface area contributed by atoms with Crippen LogP contribution in [0.3, 0.4) is 0 Å². The topological polar surface area (TPSA) is 50.4 Å². The molecule has 0 bridgehead atoms. The smallest absolute Gasteiger partial charge is 0.257 e. The minimum absolute atomic E-state index is 0.0374. The van der Waals surface area contributed by atoms with E-state index in [0.717, 1.165) is 19.5 Å². The van der Waals surface area contributed by atoms with Crippen molar-refractivity contribution in [3.8, 4) is 5.75 Å². The van der Waals surface area contributed by atoms with E-state index >= 15 is 0 Å². The van der Waals surface area contributed by atoms with Crippen LogP contribution in [0.5, 0.6) is 5.75 Å². The Labute approximate surface area is 135 Å². The molecule has 0 spiro atoms. The van der Waals surface area contributed by atoms with Crippen LogP contribution in [0.25, 0.3) is 0 Å². The number of nitrogens with one attached hydrogen (secondary N) is 2. The second-order valence-corrected chi connectivity index (χ2v) is 6.06. The van der Waals surface area contributed by atoms with Gasteiger partial charge in [0.1, 0.15) is 5.75 Å². The van der Waals surface area contributed by atoms with Crippen molar-refractivity contribution >= 4 is 29.1 Å². The molecule has 21 heavy (non-hydrogen) atoms. The van der Waals surface area contributed by atoms with Crippen LogP contribution in [0.1, 0.15) is 19.3 Å². The zero-order chi connectivity index (χ0) is 15.1. The molecule has 1 saturated heterocycles. The van der Waals surface area contributed by atoms with Crippen molar-refractivity contribution in [1.82, 2.24) is 10.6 Å². The number of benzene rings is 1. The largest absolute Gasteiger partial charge is 0.482 e. The van der Waals surface area contributed by atoms with Gasteiger partial charge in [-0.05, 0) is 56.5 Å². The zero-order valence-electron chi connectivity index (χ0n) is 11.8. The maximum atomic E-state index is 11.7. The minimum atomic E-state index is -0.134. The highest BCUT2D eigenvalue weighted by atomic mass is 35.5. The molecular formula is C15H20Cl2N2O2. The van der Waals surface area contributed by atoms with Gasteiger partial charge in [0.15, 0.2) is 6.61 Å². The Morgan fingerprint density at radius 2 is 2.29 bits per heavy atom. The summed E-state index contributed by atoms with van der Waals surface area (Å²) in [6.45, 7) is 2.80. The molecule has 1 aromatic rings. The van der Waals surface area contributed by atoms with Crippen LogP contribution < -0.4 is 15.4 Å². The molecule has 0 saturated carbocycles. The lowest BCUT2D eigenvalue weighted by molar-refractivity contribution is -0.123. The van der Waals surface area contributed by atoms with Gasteiger partial charge in [0.2, 0.25) is 0 Å². The Morgan fingerprint density at radius 1 is 1.43 bits per heavy atom. The number of carbonyl (C=O) groups is 1. The standard InChI is InChI=1S/C15H20Cl2N2O2/c16-12-3-4-14(13(17)8-12)21-10-15(20)19-7-5-11-2-1-6-18-9-11/h3-4,8,11,18H,1-2,5-7,9-10H2,(H,19,20). The van der Waals surface area contributed by atoms with Gasteiger partial charge in [-0.25, -0.2) is 0 Å². The third kappa shape index (κ3) is 5.73. The molecule has 2 N–H and O–H groups in total. The number of hydrogen-bond acceptors (Lipinski definition) is 3. The summed E-state index contributed by atoms with van der Waals surface area (Å²) in [6, 6.07) is 4.93. The van der Waals surface area contributed by atoms with Gasteiger partial charge < -0.3 is 15.4 Å². The summed E-state index contributed by atoms with van der Waals surface area (Å²) in [5.74, 6) is 0.989. The third-order valence-corrected chi connectivity index (χ3v) is 4.06. The normalized spacial score (nSPS) is 18.3. The Bertz CT molecular complexity index is 477. The fraction of sp³-hybridized carbons (Fsp3) is 0.533. The van der Waals surface area contributed by atoms with Crippen molar-refractivity contribution in [2.45, 2.75) is 19.3 Å². The molecule has 0 aliphatic carbocycles.